The molecule has 0 aromatic carbocycles. The molecule has 10 heavy (non-hydrogen) atoms. The molecule has 0 saturated carbocycles. The average molecular weight is 147 g/mol. The molecule has 3 nitrogen and oxygen atoms in total. The normalized spacial score (nSPS) is 12.6. The van der Waals surface area contributed by atoms with Gasteiger partial charge in [0.05, 0.1) is 13.2 Å². The molecule has 0 aromatic rings. The van der Waals surface area contributed by atoms with E-state index in [0.29, 0.717) is 6.54 Å². The van der Waals surface area contributed by atoms with Gasteiger partial charge in [0.2, 0.25) is 0 Å². The molecule has 0 amide bonds. The van der Waals surface area contributed by atoms with Crippen LogP contribution in [0.3, 0.4) is 0 Å². The maximum Gasteiger partial charge on any atom is 0.0519 e. The molecule has 0 atom stereocenters. The summed E-state index contributed by atoms with van der Waals surface area (Å²) in [4.78, 5) is 1.95. The molecule has 0 rings (SSSR count). The van der Waals surface area contributed by atoms with E-state index in [1.807, 2.05) is 25.9 Å². The predicted octanol–water partition coefficient (Wildman–Crippen LogP) is -0.461. The zero-order valence-electron chi connectivity index (χ0n) is 6.96. The maximum absolute atomic E-state index is 8.85. The summed E-state index contributed by atoms with van der Waals surface area (Å²) in [5.74, 6) is 0. The minimum atomic E-state index is -0.358. The molecule has 3 heteroatoms. The predicted molar refractivity (Wildman–Crippen MR) is 40.8 cm³/mol. The van der Waals surface area contributed by atoms with Crippen molar-refractivity contribution in [3.63, 3.8) is 0 Å². The summed E-state index contributed by atoms with van der Waals surface area (Å²) in [6.45, 7) is 2.62. The van der Waals surface area contributed by atoms with Gasteiger partial charge >= 0.3 is 0 Å². The number of rotatable bonds is 4. The highest BCUT2D eigenvalue weighted by molar-refractivity contribution is 4.74. The first kappa shape index (κ1) is 9.88. The van der Waals surface area contributed by atoms with E-state index in [9.17, 15) is 0 Å². The van der Waals surface area contributed by atoms with Gasteiger partial charge in [0, 0.05) is 12.0 Å². The van der Waals surface area contributed by atoms with Crippen LogP contribution in [0.1, 0.15) is 6.92 Å². The summed E-state index contributed by atoms with van der Waals surface area (Å²) in [5.41, 5.74) is -0.358. The highest BCUT2D eigenvalue weighted by Gasteiger charge is 2.22. The first-order valence-corrected chi connectivity index (χ1v) is 3.40. The Balaban J connectivity index is 3.80. The fourth-order valence-corrected chi connectivity index (χ4v) is 0.913. The molecule has 0 spiro atoms. The molecule has 2 N–H and O–H groups in total. The van der Waals surface area contributed by atoms with E-state index in [2.05, 4.69) is 0 Å². The highest BCUT2D eigenvalue weighted by Crippen LogP contribution is 2.13. The van der Waals surface area contributed by atoms with Crippen molar-refractivity contribution in [3.8, 4) is 0 Å². The molecule has 0 aromatic heterocycles. The van der Waals surface area contributed by atoms with E-state index < -0.39 is 0 Å². The van der Waals surface area contributed by atoms with Gasteiger partial charge in [-0.1, -0.05) is 6.92 Å². The standard InChI is InChI=1S/C7H17NO2/c1-7(5-9,6-10)4-8(2)3/h9-10H,4-6H2,1-3H3. The van der Waals surface area contributed by atoms with Crippen LogP contribution in [0.5, 0.6) is 0 Å². The third-order valence-electron chi connectivity index (χ3n) is 1.46. The van der Waals surface area contributed by atoms with Gasteiger partial charge in [-0.2, -0.15) is 0 Å². The topological polar surface area (TPSA) is 43.7 Å². The minimum Gasteiger partial charge on any atom is -0.396 e. The van der Waals surface area contributed by atoms with Gasteiger partial charge in [0.25, 0.3) is 0 Å². The van der Waals surface area contributed by atoms with Crippen LogP contribution in [0.25, 0.3) is 0 Å². The SMILES string of the molecule is CN(C)CC(C)(CO)CO. The Morgan fingerprint density at radius 1 is 1.20 bits per heavy atom. The lowest BCUT2D eigenvalue weighted by molar-refractivity contribution is 0.0479. The quantitative estimate of drug-likeness (QED) is 0.565. The van der Waals surface area contributed by atoms with Crippen molar-refractivity contribution in [3.05, 3.63) is 0 Å². The second-order valence-electron chi connectivity index (χ2n) is 3.36. The fraction of sp³-hybridized carbons (Fsp3) is 1.00. The van der Waals surface area contributed by atoms with Crippen molar-refractivity contribution >= 4 is 0 Å². The molecular weight excluding hydrogens is 130 g/mol. The van der Waals surface area contributed by atoms with Crippen molar-refractivity contribution in [1.82, 2.24) is 4.90 Å². The van der Waals surface area contributed by atoms with Crippen LogP contribution in [0, 0.1) is 5.41 Å². The zero-order chi connectivity index (χ0) is 8.20. The molecule has 0 saturated heterocycles. The summed E-state index contributed by atoms with van der Waals surface area (Å²) in [6.07, 6.45) is 0. The highest BCUT2D eigenvalue weighted by atomic mass is 16.3. The van der Waals surface area contributed by atoms with Crippen molar-refractivity contribution in [1.29, 1.82) is 0 Å². The molecule has 0 aliphatic heterocycles. The fourth-order valence-electron chi connectivity index (χ4n) is 0.913. The Labute approximate surface area is 62.3 Å². The summed E-state index contributed by atoms with van der Waals surface area (Å²) in [5, 5.41) is 17.7. The summed E-state index contributed by atoms with van der Waals surface area (Å²) >= 11 is 0. The van der Waals surface area contributed by atoms with Gasteiger partial charge in [-0.15, -0.1) is 0 Å². The van der Waals surface area contributed by atoms with Gasteiger partial charge in [0.15, 0.2) is 0 Å². The first-order valence-electron chi connectivity index (χ1n) is 3.40. The van der Waals surface area contributed by atoms with Crippen LogP contribution in [0.4, 0.5) is 0 Å². The average Bonchev–Trinajstić information content (AvgIpc) is 1.87. The third-order valence-corrected chi connectivity index (χ3v) is 1.46. The Morgan fingerprint density at radius 2 is 1.60 bits per heavy atom. The van der Waals surface area contributed by atoms with Crippen LogP contribution in [0.2, 0.25) is 0 Å². The van der Waals surface area contributed by atoms with E-state index in [1.165, 1.54) is 0 Å². The van der Waals surface area contributed by atoms with Crippen LogP contribution in [-0.2, 0) is 0 Å². The van der Waals surface area contributed by atoms with Crippen LogP contribution in [-0.4, -0.2) is 49.0 Å². The molecule has 0 fully saturated rings. The molecule has 0 bridgehead atoms. The van der Waals surface area contributed by atoms with Crippen molar-refractivity contribution in [2.75, 3.05) is 33.9 Å². The second-order valence-corrected chi connectivity index (χ2v) is 3.36. The van der Waals surface area contributed by atoms with Crippen LogP contribution in [0.15, 0.2) is 0 Å². The smallest absolute Gasteiger partial charge is 0.0519 e. The number of nitrogens with zero attached hydrogens (tertiary/aromatic N) is 1. The van der Waals surface area contributed by atoms with E-state index in [-0.39, 0.29) is 18.6 Å². The lowest BCUT2D eigenvalue weighted by Crippen LogP contribution is -2.37. The van der Waals surface area contributed by atoms with E-state index >= 15 is 0 Å². The molecular formula is C7H17NO2. The molecule has 0 heterocycles. The summed E-state index contributed by atoms with van der Waals surface area (Å²) in [7, 11) is 3.84. The largest absolute Gasteiger partial charge is 0.396 e. The first-order chi connectivity index (χ1) is 4.54. The van der Waals surface area contributed by atoms with Gasteiger partial charge < -0.3 is 15.1 Å². The van der Waals surface area contributed by atoms with Gasteiger partial charge in [-0.05, 0) is 14.1 Å². The van der Waals surface area contributed by atoms with Gasteiger partial charge in [-0.25, -0.2) is 0 Å². The lowest BCUT2D eigenvalue weighted by atomic mass is 9.93. The molecule has 0 aliphatic rings. The zero-order valence-corrected chi connectivity index (χ0v) is 6.96. The lowest BCUT2D eigenvalue weighted by Gasteiger charge is -2.27. The van der Waals surface area contributed by atoms with Crippen LogP contribution < -0.4 is 0 Å². The maximum atomic E-state index is 8.85. The molecule has 0 unspecified atom stereocenters. The van der Waals surface area contributed by atoms with Crippen molar-refractivity contribution in [2.24, 2.45) is 5.41 Å². The molecule has 0 aliphatic carbocycles. The molecule has 62 valence electrons. The Hall–Kier alpha value is -0.120. The third kappa shape index (κ3) is 3.15. The van der Waals surface area contributed by atoms with E-state index in [4.69, 9.17) is 10.2 Å². The molecule has 0 radical (unpaired) electrons. The number of aliphatic hydroxyl groups excluding tert-OH is 2. The Bertz CT molecular complexity index is 89.6. The second kappa shape index (κ2) is 3.91. The van der Waals surface area contributed by atoms with E-state index in [0.717, 1.165) is 0 Å². The monoisotopic (exact) mass is 147 g/mol. The van der Waals surface area contributed by atoms with Gasteiger partial charge in [-0.3, -0.25) is 0 Å². The summed E-state index contributed by atoms with van der Waals surface area (Å²) < 4.78 is 0. The Kier molecular flexibility index (Phi) is 3.86. The van der Waals surface area contributed by atoms with E-state index in [1.54, 1.807) is 0 Å². The van der Waals surface area contributed by atoms with Crippen molar-refractivity contribution < 1.29 is 10.2 Å². The number of aliphatic hydroxyl groups is 2. The van der Waals surface area contributed by atoms with Gasteiger partial charge in [0.1, 0.15) is 0 Å². The van der Waals surface area contributed by atoms with Crippen molar-refractivity contribution in [2.45, 2.75) is 6.92 Å². The van der Waals surface area contributed by atoms with Crippen LogP contribution >= 0.6 is 0 Å². The minimum absolute atomic E-state index is 0.0294. The summed E-state index contributed by atoms with van der Waals surface area (Å²) in [6, 6.07) is 0. The Morgan fingerprint density at radius 3 is 1.70 bits per heavy atom. The number of hydrogen-bond acceptors (Lipinski definition) is 3. The number of hydrogen-bond donors (Lipinski definition) is 2.